The van der Waals surface area contributed by atoms with Gasteiger partial charge in [0.15, 0.2) is 0 Å². The lowest BCUT2D eigenvalue weighted by atomic mass is 10.1. The van der Waals surface area contributed by atoms with Gasteiger partial charge >= 0.3 is 0 Å². The second kappa shape index (κ2) is 4.62. The van der Waals surface area contributed by atoms with Gasteiger partial charge in [0.25, 0.3) is 0 Å². The average molecular weight is 230 g/mol. The maximum absolute atomic E-state index is 9.87. The number of hydrogen-bond donors (Lipinski definition) is 1. The van der Waals surface area contributed by atoms with Crippen molar-refractivity contribution >= 4 is 0 Å². The smallest absolute Gasteiger partial charge is 0.214 e. The van der Waals surface area contributed by atoms with Crippen LogP contribution in [0.5, 0.6) is 5.88 Å². The Bertz CT molecular complexity index is 497. The number of nitrogens with zero attached hydrogens (tertiary/aromatic N) is 2. The van der Waals surface area contributed by atoms with Crippen molar-refractivity contribution in [3.05, 3.63) is 41.6 Å². The molecule has 0 aliphatic rings. The normalized spacial score (nSPS) is 11.1. The molecule has 0 saturated carbocycles. The fraction of sp³-hybridized carbons (Fsp3) is 0.357. The molecule has 3 heteroatoms. The Labute approximate surface area is 102 Å². The second-order valence-electron chi connectivity index (χ2n) is 4.84. The summed E-state index contributed by atoms with van der Waals surface area (Å²) in [6.07, 6.45) is 0.881. The van der Waals surface area contributed by atoms with Gasteiger partial charge in [-0.15, -0.1) is 0 Å². The average Bonchev–Trinajstić information content (AvgIpc) is 2.59. The largest absolute Gasteiger partial charge is 0.493 e. The SMILES string of the molecule is Cc1ccc(-n2nc(CC(C)C)cc2O)cc1. The molecule has 90 valence electrons. The quantitative estimate of drug-likeness (QED) is 0.880. The number of aromatic nitrogens is 2. The number of aryl methyl sites for hydroxylation is 1. The van der Waals surface area contributed by atoms with E-state index in [1.54, 1.807) is 10.7 Å². The summed E-state index contributed by atoms with van der Waals surface area (Å²) in [5, 5.41) is 14.3. The molecule has 0 fully saturated rings. The van der Waals surface area contributed by atoms with Crippen molar-refractivity contribution in [2.75, 3.05) is 0 Å². The Hall–Kier alpha value is -1.77. The summed E-state index contributed by atoms with van der Waals surface area (Å²) in [6, 6.07) is 9.68. The molecule has 0 amide bonds. The molecule has 2 aromatic rings. The van der Waals surface area contributed by atoms with E-state index in [2.05, 4.69) is 18.9 Å². The Morgan fingerprint density at radius 2 is 1.88 bits per heavy atom. The zero-order valence-electron chi connectivity index (χ0n) is 10.5. The highest BCUT2D eigenvalue weighted by atomic mass is 16.3. The standard InChI is InChI=1S/C14H18N2O/c1-10(2)8-12-9-14(17)16(15-12)13-6-4-11(3)5-7-13/h4-7,9-10,17H,8H2,1-3H3. The lowest BCUT2D eigenvalue weighted by Crippen LogP contribution is -1.99. The van der Waals surface area contributed by atoms with Gasteiger partial charge in [-0.1, -0.05) is 31.5 Å². The molecule has 1 aromatic heterocycles. The molecule has 0 saturated heterocycles. The van der Waals surface area contributed by atoms with Crippen molar-refractivity contribution in [1.82, 2.24) is 9.78 Å². The molecule has 17 heavy (non-hydrogen) atoms. The van der Waals surface area contributed by atoms with Crippen LogP contribution in [0.1, 0.15) is 25.1 Å². The summed E-state index contributed by atoms with van der Waals surface area (Å²) in [6.45, 7) is 6.32. The molecule has 1 heterocycles. The van der Waals surface area contributed by atoms with Crippen LogP contribution in [0.3, 0.4) is 0 Å². The summed E-state index contributed by atoms with van der Waals surface area (Å²) >= 11 is 0. The van der Waals surface area contributed by atoms with Crippen LogP contribution in [-0.2, 0) is 6.42 Å². The van der Waals surface area contributed by atoms with Gasteiger partial charge in [-0.3, -0.25) is 0 Å². The van der Waals surface area contributed by atoms with Gasteiger partial charge in [0.1, 0.15) is 0 Å². The van der Waals surface area contributed by atoms with E-state index >= 15 is 0 Å². The molecule has 2 rings (SSSR count). The molecular weight excluding hydrogens is 212 g/mol. The van der Waals surface area contributed by atoms with Gasteiger partial charge in [0.2, 0.25) is 5.88 Å². The summed E-state index contributed by atoms with van der Waals surface area (Å²) in [7, 11) is 0. The first-order valence-corrected chi connectivity index (χ1v) is 5.91. The van der Waals surface area contributed by atoms with E-state index in [-0.39, 0.29) is 5.88 Å². The van der Waals surface area contributed by atoms with Crippen LogP contribution in [-0.4, -0.2) is 14.9 Å². The van der Waals surface area contributed by atoms with Crippen molar-refractivity contribution in [3.63, 3.8) is 0 Å². The monoisotopic (exact) mass is 230 g/mol. The third kappa shape index (κ3) is 2.67. The summed E-state index contributed by atoms with van der Waals surface area (Å²) in [5.74, 6) is 0.736. The van der Waals surface area contributed by atoms with Gasteiger partial charge < -0.3 is 5.11 Å². The first-order valence-electron chi connectivity index (χ1n) is 5.91. The Morgan fingerprint density at radius 1 is 1.24 bits per heavy atom. The first kappa shape index (κ1) is 11.7. The molecule has 0 spiro atoms. The zero-order valence-corrected chi connectivity index (χ0v) is 10.5. The molecule has 0 radical (unpaired) electrons. The predicted molar refractivity (Wildman–Crippen MR) is 68.5 cm³/mol. The lowest BCUT2D eigenvalue weighted by molar-refractivity contribution is 0.433. The Balaban J connectivity index is 2.32. The highest BCUT2D eigenvalue weighted by Crippen LogP contribution is 2.19. The van der Waals surface area contributed by atoms with E-state index < -0.39 is 0 Å². The van der Waals surface area contributed by atoms with Crippen molar-refractivity contribution < 1.29 is 5.11 Å². The minimum absolute atomic E-state index is 0.199. The molecule has 0 unspecified atom stereocenters. The highest BCUT2D eigenvalue weighted by molar-refractivity contribution is 5.37. The minimum Gasteiger partial charge on any atom is -0.493 e. The molecule has 0 atom stereocenters. The van der Waals surface area contributed by atoms with Gasteiger partial charge in [-0.05, 0) is 31.4 Å². The van der Waals surface area contributed by atoms with Crippen LogP contribution < -0.4 is 0 Å². The van der Waals surface area contributed by atoms with Crippen LogP contribution in [0, 0.1) is 12.8 Å². The van der Waals surface area contributed by atoms with Gasteiger partial charge in [0, 0.05) is 6.07 Å². The molecule has 3 nitrogen and oxygen atoms in total. The van der Waals surface area contributed by atoms with E-state index in [1.807, 2.05) is 31.2 Å². The molecular formula is C14H18N2O. The molecule has 0 bridgehead atoms. The van der Waals surface area contributed by atoms with E-state index in [4.69, 9.17) is 0 Å². The fourth-order valence-electron chi connectivity index (χ4n) is 1.81. The van der Waals surface area contributed by atoms with Crippen molar-refractivity contribution in [3.8, 4) is 11.6 Å². The first-order chi connectivity index (χ1) is 8.06. The second-order valence-corrected chi connectivity index (χ2v) is 4.84. The highest BCUT2D eigenvalue weighted by Gasteiger charge is 2.09. The number of hydrogen-bond acceptors (Lipinski definition) is 2. The Morgan fingerprint density at radius 3 is 2.47 bits per heavy atom. The maximum atomic E-state index is 9.87. The van der Waals surface area contributed by atoms with Gasteiger partial charge in [0.05, 0.1) is 11.4 Å². The topological polar surface area (TPSA) is 38.0 Å². The van der Waals surface area contributed by atoms with Crippen molar-refractivity contribution in [2.24, 2.45) is 5.92 Å². The fourth-order valence-corrected chi connectivity index (χ4v) is 1.81. The van der Waals surface area contributed by atoms with Crippen LogP contribution in [0.15, 0.2) is 30.3 Å². The van der Waals surface area contributed by atoms with Gasteiger partial charge in [-0.25, -0.2) is 4.68 Å². The molecule has 0 aliphatic heterocycles. The summed E-state index contributed by atoms with van der Waals surface area (Å²) in [4.78, 5) is 0. The number of benzene rings is 1. The minimum atomic E-state index is 0.199. The van der Waals surface area contributed by atoms with Crippen LogP contribution in [0.2, 0.25) is 0 Å². The predicted octanol–water partition coefficient (Wildman–Crippen LogP) is 3.08. The van der Waals surface area contributed by atoms with Crippen LogP contribution >= 0.6 is 0 Å². The molecule has 1 aromatic carbocycles. The lowest BCUT2D eigenvalue weighted by Gasteiger charge is -2.03. The van der Waals surface area contributed by atoms with E-state index in [9.17, 15) is 5.11 Å². The third-order valence-corrected chi connectivity index (χ3v) is 2.64. The van der Waals surface area contributed by atoms with Crippen LogP contribution in [0.25, 0.3) is 5.69 Å². The van der Waals surface area contributed by atoms with Crippen molar-refractivity contribution in [1.29, 1.82) is 0 Å². The summed E-state index contributed by atoms with van der Waals surface area (Å²) < 4.78 is 1.58. The number of rotatable bonds is 3. The van der Waals surface area contributed by atoms with Gasteiger partial charge in [-0.2, -0.15) is 5.10 Å². The Kier molecular flexibility index (Phi) is 3.18. The van der Waals surface area contributed by atoms with Crippen molar-refractivity contribution in [2.45, 2.75) is 27.2 Å². The summed E-state index contributed by atoms with van der Waals surface area (Å²) in [5.41, 5.74) is 3.02. The molecule has 0 aliphatic carbocycles. The van der Waals surface area contributed by atoms with E-state index in [0.29, 0.717) is 5.92 Å². The zero-order chi connectivity index (χ0) is 12.4. The maximum Gasteiger partial charge on any atom is 0.214 e. The van der Waals surface area contributed by atoms with Crippen LogP contribution in [0.4, 0.5) is 0 Å². The number of aromatic hydroxyl groups is 1. The van der Waals surface area contributed by atoms with E-state index in [1.165, 1.54) is 5.56 Å². The third-order valence-electron chi connectivity index (χ3n) is 2.64. The van der Waals surface area contributed by atoms with E-state index in [0.717, 1.165) is 17.8 Å². The molecule has 1 N–H and O–H groups in total.